The van der Waals surface area contributed by atoms with E-state index < -0.39 is 0 Å². The van der Waals surface area contributed by atoms with E-state index in [9.17, 15) is 4.79 Å². The molecule has 1 aromatic rings. The highest BCUT2D eigenvalue weighted by atomic mass is 16.5. The molecule has 0 spiro atoms. The average Bonchev–Trinajstić information content (AvgIpc) is 2.34. The van der Waals surface area contributed by atoms with E-state index in [0.717, 1.165) is 0 Å². The first-order valence-corrected chi connectivity index (χ1v) is 5.18. The molecule has 1 rings (SSSR count). The fourth-order valence-corrected chi connectivity index (χ4v) is 1.26. The molecule has 0 bridgehead atoms. The number of hydrogen-bond donors (Lipinski definition) is 2. The van der Waals surface area contributed by atoms with Gasteiger partial charge in [-0.3, -0.25) is 9.78 Å². The van der Waals surface area contributed by atoms with Crippen molar-refractivity contribution < 1.29 is 14.3 Å². The zero-order valence-corrected chi connectivity index (χ0v) is 9.97. The second kappa shape index (κ2) is 6.82. The van der Waals surface area contributed by atoms with Crippen LogP contribution in [0.1, 0.15) is 10.5 Å². The highest BCUT2D eigenvalue weighted by Gasteiger charge is 2.11. The molecule has 0 saturated heterocycles. The van der Waals surface area contributed by atoms with E-state index in [1.54, 1.807) is 20.3 Å². The Morgan fingerprint density at radius 1 is 1.59 bits per heavy atom. The van der Waals surface area contributed by atoms with Crippen LogP contribution in [0.4, 0.5) is 5.69 Å². The lowest BCUT2D eigenvalue weighted by molar-refractivity contribution is 0.0285. The number of anilines is 1. The van der Waals surface area contributed by atoms with Crippen LogP contribution in [0, 0.1) is 0 Å². The van der Waals surface area contributed by atoms with Gasteiger partial charge in [0.05, 0.1) is 12.7 Å². The van der Waals surface area contributed by atoms with Gasteiger partial charge in [-0.2, -0.15) is 0 Å². The lowest BCUT2D eigenvalue weighted by Crippen LogP contribution is -2.35. The minimum atomic E-state index is -0.282. The fourth-order valence-electron chi connectivity index (χ4n) is 1.26. The third-order valence-electron chi connectivity index (χ3n) is 2.19. The van der Waals surface area contributed by atoms with Crippen LogP contribution in [0.15, 0.2) is 18.3 Å². The number of ether oxygens (including phenoxy) is 2. The quantitative estimate of drug-likeness (QED) is 0.732. The molecule has 0 saturated carbocycles. The summed E-state index contributed by atoms with van der Waals surface area (Å²) in [6.07, 6.45) is 1.32. The topological polar surface area (TPSA) is 86.5 Å². The van der Waals surface area contributed by atoms with Crippen LogP contribution in [0.25, 0.3) is 0 Å². The lowest BCUT2D eigenvalue weighted by Gasteiger charge is -2.14. The maximum absolute atomic E-state index is 11.7. The number of carbonyl (C=O) groups is 1. The predicted octanol–water partition coefficient (Wildman–Crippen LogP) is 0.0550. The minimum Gasteiger partial charge on any atom is -0.399 e. The number of amides is 1. The van der Waals surface area contributed by atoms with E-state index >= 15 is 0 Å². The van der Waals surface area contributed by atoms with Gasteiger partial charge < -0.3 is 20.5 Å². The van der Waals surface area contributed by atoms with Gasteiger partial charge in [-0.15, -0.1) is 0 Å². The van der Waals surface area contributed by atoms with Gasteiger partial charge in [-0.25, -0.2) is 0 Å². The van der Waals surface area contributed by atoms with Gasteiger partial charge in [0.2, 0.25) is 0 Å². The molecule has 1 amide bonds. The monoisotopic (exact) mass is 239 g/mol. The molecule has 0 aliphatic heterocycles. The molecule has 1 unspecified atom stereocenters. The number of pyridine rings is 1. The second-order valence-corrected chi connectivity index (χ2v) is 3.50. The standard InChI is InChI=1S/C11H17N3O3/c1-16-7-9(17-2)6-14-11(15)10-5-8(12)3-4-13-10/h3-5,9H,6-7H2,1-2H3,(H2,12,13)(H,14,15). The van der Waals surface area contributed by atoms with E-state index in [1.807, 2.05) is 0 Å². The number of aromatic nitrogens is 1. The van der Waals surface area contributed by atoms with Gasteiger partial charge >= 0.3 is 0 Å². The Kier molecular flexibility index (Phi) is 5.38. The number of carbonyl (C=O) groups excluding carboxylic acids is 1. The average molecular weight is 239 g/mol. The highest BCUT2D eigenvalue weighted by Crippen LogP contribution is 2.02. The minimum absolute atomic E-state index is 0.176. The van der Waals surface area contributed by atoms with Crippen LogP contribution >= 0.6 is 0 Å². The van der Waals surface area contributed by atoms with Crippen LogP contribution in [0.5, 0.6) is 0 Å². The Bertz CT molecular complexity index is 371. The van der Waals surface area contributed by atoms with Crippen molar-refractivity contribution in [1.29, 1.82) is 0 Å². The third-order valence-corrected chi connectivity index (χ3v) is 2.19. The molecule has 1 heterocycles. The largest absolute Gasteiger partial charge is 0.399 e. The van der Waals surface area contributed by atoms with Crippen LogP contribution in [0.3, 0.4) is 0 Å². The van der Waals surface area contributed by atoms with Gasteiger partial charge in [-0.05, 0) is 12.1 Å². The van der Waals surface area contributed by atoms with Crippen molar-refractivity contribution in [3.63, 3.8) is 0 Å². The first-order chi connectivity index (χ1) is 8.17. The number of nitrogens with one attached hydrogen (secondary N) is 1. The predicted molar refractivity (Wildman–Crippen MR) is 63.7 cm³/mol. The smallest absolute Gasteiger partial charge is 0.270 e. The molecule has 0 radical (unpaired) electrons. The van der Waals surface area contributed by atoms with Crippen molar-refractivity contribution in [3.8, 4) is 0 Å². The molecule has 6 nitrogen and oxygen atoms in total. The molecule has 17 heavy (non-hydrogen) atoms. The summed E-state index contributed by atoms with van der Waals surface area (Å²) >= 11 is 0. The first kappa shape index (κ1) is 13.4. The van der Waals surface area contributed by atoms with Crippen LogP contribution < -0.4 is 11.1 Å². The zero-order chi connectivity index (χ0) is 12.7. The molecule has 0 aromatic carbocycles. The third kappa shape index (κ3) is 4.38. The molecular weight excluding hydrogens is 222 g/mol. The summed E-state index contributed by atoms with van der Waals surface area (Å²) in [7, 11) is 3.14. The summed E-state index contributed by atoms with van der Waals surface area (Å²) in [5, 5.41) is 2.70. The number of nitrogens with two attached hydrogens (primary N) is 1. The first-order valence-electron chi connectivity index (χ1n) is 5.18. The van der Waals surface area contributed by atoms with Crippen molar-refractivity contribution >= 4 is 11.6 Å². The highest BCUT2D eigenvalue weighted by molar-refractivity contribution is 5.92. The maximum Gasteiger partial charge on any atom is 0.270 e. The molecule has 0 fully saturated rings. The summed E-state index contributed by atoms with van der Waals surface area (Å²) in [5.74, 6) is -0.282. The Labute approximate surface area is 100 Å². The fraction of sp³-hybridized carbons (Fsp3) is 0.455. The zero-order valence-electron chi connectivity index (χ0n) is 9.97. The summed E-state index contributed by atoms with van der Waals surface area (Å²) in [4.78, 5) is 15.6. The second-order valence-electron chi connectivity index (χ2n) is 3.50. The van der Waals surface area contributed by atoms with Crippen molar-refractivity contribution in [1.82, 2.24) is 10.3 Å². The summed E-state index contributed by atoms with van der Waals surface area (Å²) in [5.41, 5.74) is 6.36. The van der Waals surface area contributed by atoms with E-state index in [1.165, 1.54) is 12.3 Å². The summed E-state index contributed by atoms with van der Waals surface area (Å²) in [6, 6.07) is 3.15. The Morgan fingerprint density at radius 2 is 2.35 bits per heavy atom. The molecule has 1 aromatic heterocycles. The van der Waals surface area contributed by atoms with Crippen LogP contribution in [0.2, 0.25) is 0 Å². The molecule has 94 valence electrons. The Morgan fingerprint density at radius 3 is 2.94 bits per heavy atom. The number of hydrogen-bond acceptors (Lipinski definition) is 5. The van der Waals surface area contributed by atoms with Crippen molar-refractivity contribution in [2.45, 2.75) is 6.10 Å². The van der Waals surface area contributed by atoms with Gasteiger partial charge in [-0.1, -0.05) is 0 Å². The van der Waals surface area contributed by atoms with Crippen molar-refractivity contribution in [2.75, 3.05) is 33.1 Å². The molecule has 3 N–H and O–H groups in total. The Balaban J connectivity index is 2.49. The number of nitrogens with zero attached hydrogens (tertiary/aromatic N) is 1. The van der Waals surface area contributed by atoms with E-state index in [-0.39, 0.29) is 17.7 Å². The number of methoxy groups -OCH3 is 2. The number of rotatable bonds is 6. The SMILES string of the molecule is COCC(CNC(=O)c1cc(N)ccn1)OC. The van der Waals surface area contributed by atoms with E-state index in [4.69, 9.17) is 15.2 Å². The molecule has 0 aliphatic carbocycles. The molecule has 6 heteroatoms. The van der Waals surface area contributed by atoms with E-state index in [0.29, 0.717) is 18.8 Å². The summed E-state index contributed by atoms with van der Waals surface area (Å²) < 4.78 is 10.1. The van der Waals surface area contributed by atoms with Gasteiger partial charge in [0, 0.05) is 32.6 Å². The van der Waals surface area contributed by atoms with Gasteiger partial charge in [0.25, 0.3) is 5.91 Å². The molecule has 1 atom stereocenters. The maximum atomic E-state index is 11.7. The Hall–Kier alpha value is -1.66. The number of nitrogen functional groups attached to an aromatic ring is 1. The van der Waals surface area contributed by atoms with Crippen LogP contribution in [-0.2, 0) is 9.47 Å². The summed E-state index contributed by atoms with van der Waals surface area (Å²) in [6.45, 7) is 0.779. The van der Waals surface area contributed by atoms with Crippen molar-refractivity contribution in [3.05, 3.63) is 24.0 Å². The lowest BCUT2D eigenvalue weighted by atomic mass is 10.3. The van der Waals surface area contributed by atoms with Gasteiger partial charge in [0.1, 0.15) is 5.69 Å². The van der Waals surface area contributed by atoms with Gasteiger partial charge in [0.15, 0.2) is 0 Å². The van der Waals surface area contributed by atoms with E-state index in [2.05, 4.69) is 10.3 Å². The van der Waals surface area contributed by atoms with Crippen molar-refractivity contribution in [2.24, 2.45) is 0 Å². The molecular formula is C11H17N3O3. The normalized spacial score (nSPS) is 12.1. The molecule has 0 aliphatic rings. The van der Waals surface area contributed by atoms with Crippen LogP contribution in [-0.4, -0.2) is 44.4 Å².